The molecule has 0 fully saturated rings. The molecule has 6 heteroatoms. The molecule has 1 N–H and O–H groups in total. The minimum absolute atomic E-state index is 0.0363. The van der Waals surface area contributed by atoms with Crippen molar-refractivity contribution < 1.29 is 14.3 Å². The summed E-state index contributed by atoms with van der Waals surface area (Å²) in [6.07, 6.45) is 7.21. The molecule has 0 radical (unpaired) electrons. The van der Waals surface area contributed by atoms with Crippen LogP contribution in [0.15, 0.2) is 30.3 Å². The molecule has 0 unspecified atom stereocenters. The van der Waals surface area contributed by atoms with Crippen molar-refractivity contribution in [1.82, 2.24) is 5.32 Å². The number of para-hydroxylation sites is 2. The van der Waals surface area contributed by atoms with Crippen LogP contribution in [0.4, 0.5) is 5.69 Å². The molecule has 0 saturated carbocycles. The highest BCUT2D eigenvalue weighted by molar-refractivity contribution is 7.14. The number of nitrogens with zero attached hydrogens (tertiary/aromatic N) is 1. The first kappa shape index (κ1) is 20.0. The van der Waals surface area contributed by atoms with E-state index in [-0.39, 0.29) is 18.4 Å². The summed E-state index contributed by atoms with van der Waals surface area (Å²) in [4.78, 5) is 29.9. The predicted octanol–water partition coefficient (Wildman–Crippen LogP) is 4.34. The molecule has 1 aromatic heterocycles. The molecule has 2 aromatic rings. The largest absolute Gasteiger partial charge is 0.477 e. The molecular formula is C23H28N2O3S. The Balaban J connectivity index is 1.61. The van der Waals surface area contributed by atoms with Gasteiger partial charge < -0.3 is 10.1 Å². The Kier molecular flexibility index (Phi) is 6.19. The van der Waals surface area contributed by atoms with Gasteiger partial charge in [-0.25, -0.2) is 0 Å². The van der Waals surface area contributed by atoms with Gasteiger partial charge in [-0.3, -0.25) is 14.5 Å². The van der Waals surface area contributed by atoms with Crippen molar-refractivity contribution in [2.45, 2.75) is 58.0 Å². The number of benzene rings is 1. The van der Waals surface area contributed by atoms with Gasteiger partial charge in [0.1, 0.15) is 5.75 Å². The number of hydrogen-bond acceptors (Lipinski definition) is 4. The molecule has 1 aliphatic carbocycles. The average Bonchev–Trinajstić information content (AvgIpc) is 3.12. The lowest BCUT2D eigenvalue weighted by molar-refractivity contribution is -0.127. The summed E-state index contributed by atoms with van der Waals surface area (Å²) in [6, 6.07) is 9.55. The van der Waals surface area contributed by atoms with E-state index in [2.05, 4.69) is 11.4 Å². The van der Waals surface area contributed by atoms with Crippen molar-refractivity contribution in [3.05, 3.63) is 45.6 Å². The number of aryl methyl sites for hydroxylation is 2. The summed E-state index contributed by atoms with van der Waals surface area (Å²) in [5.41, 5.74) is 2.06. The van der Waals surface area contributed by atoms with Crippen LogP contribution < -0.4 is 15.0 Å². The van der Waals surface area contributed by atoms with E-state index in [4.69, 9.17) is 4.74 Å². The number of thiophene rings is 1. The molecule has 0 spiro atoms. The molecule has 1 atom stereocenters. The highest BCUT2D eigenvalue weighted by atomic mass is 32.1. The third-order valence-corrected chi connectivity index (χ3v) is 6.79. The van der Waals surface area contributed by atoms with E-state index >= 15 is 0 Å². The van der Waals surface area contributed by atoms with Gasteiger partial charge >= 0.3 is 0 Å². The number of anilines is 1. The molecule has 2 heterocycles. The molecule has 1 aliphatic heterocycles. The van der Waals surface area contributed by atoms with Crippen LogP contribution in [0.3, 0.4) is 0 Å². The van der Waals surface area contributed by atoms with Gasteiger partial charge in [0.25, 0.3) is 11.8 Å². The number of ether oxygens (including phenoxy) is 1. The summed E-state index contributed by atoms with van der Waals surface area (Å²) < 4.78 is 5.92. The van der Waals surface area contributed by atoms with E-state index in [9.17, 15) is 9.59 Å². The van der Waals surface area contributed by atoms with Gasteiger partial charge in [0.05, 0.1) is 17.1 Å². The quantitative estimate of drug-likeness (QED) is 0.813. The van der Waals surface area contributed by atoms with Crippen LogP contribution in [-0.2, 0) is 17.6 Å². The number of carbonyl (C=O) groups is 2. The molecule has 0 saturated heterocycles. The molecule has 29 heavy (non-hydrogen) atoms. The number of amides is 2. The summed E-state index contributed by atoms with van der Waals surface area (Å²) in [7, 11) is 0. The zero-order chi connectivity index (χ0) is 20.2. The minimum Gasteiger partial charge on any atom is -0.477 e. The van der Waals surface area contributed by atoms with Gasteiger partial charge in [0.15, 0.2) is 6.10 Å². The Hall–Kier alpha value is -2.34. The lowest BCUT2D eigenvalue weighted by atomic mass is 9.99. The summed E-state index contributed by atoms with van der Waals surface area (Å²) in [6.45, 7) is 2.84. The van der Waals surface area contributed by atoms with Crippen LogP contribution >= 0.6 is 11.3 Å². The van der Waals surface area contributed by atoms with Crippen LogP contribution in [-0.4, -0.2) is 31.0 Å². The second-order valence-electron chi connectivity index (χ2n) is 7.75. The lowest BCUT2D eigenvalue weighted by Crippen LogP contribution is -2.50. The number of nitrogens with one attached hydrogen (secondary N) is 1. The maximum absolute atomic E-state index is 13.5. The Bertz CT molecular complexity index is 866. The van der Waals surface area contributed by atoms with Crippen molar-refractivity contribution in [1.29, 1.82) is 0 Å². The van der Waals surface area contributed by atoms with E-state index in [1.165, 1.54) is 36.1 Å². The van der Waals surface area contributed by atoms with E-state index in [1.54, 1.807) is 16.2 Å². The first-order chi connectivity index (χ1) is 14.2. The highest BCUT2D eigenvalue weighted by Crippen LogP contribution is 2.36. The maximum Gasteiger partial charge on any atom is 0.268 e. The van der Waals surface area contributed by atoms with Gasteiger partial charge in [-0.1, -0.05) is 31.9 Å². The van der Waals surface area contributed by atoms with Crippen molar-refractivity contribution in [2.24, 2.45) is 0 Å². The first-order valence-corrected chi connectivity index (χ1v) is 11.5. The summed E-state index contributed by atoms with van der Waals surface area (Å²) >= 11 is 1.63. The first-order valence-electron chi connectivity index (χ1n) is 10.6. The Morgan fingerprint density at radius 3 is 2.79 bits per heavy atom. The van der Waals surface area contributed by atoms with Gasteiger partial charge in [-0.2, -0.15) is 0 Å². The maximum atomic E-state index is 13.5. The lowest BCUT2D eigenvalue weighted by Gasteiger charge is -2.34. The van der Waals surface area contributed by atoms with Crippen molar-refractivity contribution in [3.63, 3.8) is 0 Å². The fraction of sp³-hybridized carbons (Fsp3) is 0.478. The minimum atomic E-state index is -0.693. The second kappa shape index (κ2) is 8.99. The average molecular weight is 413 g/mol. The second-order valence-corrected chi connectivity index (χ2v) is 8.89. The molecule has 154 valence electrons. The molecular weight excluding hydrogens is 384 g/mol. The van der Waals surface area contributed by atoms with E-state index < -0.39 is 6.10 Å². The third kappa shape index (κ3) is 4.32. The standard InChI is InChI=1S/C23H28N2O3S/c1-2-13-24-22(26)19-15-25(17-10-7-8-11-18(17)28-19)23(27)21-14-16-9-5-3-4-6-12-20(16)29-21/h7-8,10-11,14,19H,2-6,9,12-13,15H2,1H3,(H,24,26)/t19-/m0/s1. The monoisotopic (exact) mass is 412 g/mol. The van der Waals surface area contributed by atoms with E-state index in [0.717, 1.165) is 29.8 Å². The fourth-order valence-electron chi connectivity index (χ4n) is 4.01. The molecule has 0 bridgehead atoms. The van der Waals surface area contributed by atoms with Crippen LogP contribution in [0.25, 0.3) is 0 Å². The summed E-state index contributed by atoms with van der Waals surface area (Å²) in [5, 5.41) is 2.89. The van der Waals surface area contributed by atoms with Crippen LogP contribution in [0, 0.1) is 0 Å². The predicted molar refractivity (Wildman–Crippen MR) is 116 cm³/mol. The fourth-order valence-corrected chi connectivity index (χ4v) is 5.21. The van der Waals surface area contributed by atoms with Crippen LogP contribution in [0.5, 0.6) is 5.75 Å². The zero-order valence-corrected chi connectivity index (χ0v) is 17.7. The number of carbonyl (C=O) groups excluding carboxylic acids is 2. The Morgan fingerprint density at radius 1 is 1.17 bits per heavy atom. The Morgan fingerprint density at radius 2 is 1.97 bits per heavy atom. The molecule has 2 amide bonds. The number of rotatable bonds is 4. The SMILES string of the molecule is CCCNC(=O)[C@@H]1CN(C(=O)c2cc3c(s2)CCCCCC3)c2ccccc2O1. The van der Waals surface area contributed by atoms with Crippen LogP contribution in [0.1, 0.15) is 59.1 Å². The van der Waals surface area contributed by atoms with Crippen molar-refractivity contribution >= 4 is 28.8 Å². The molecule has 5 nitrogen and oxygen atoms in total. The normalized spacial score (nSPS) is 18.7. The Labute approximate surface area is 176 Å². The highest BCUT2D eigenvalue weighted by Gasteiger charge is 2.34. The molecule has 2 aliphatic rings. The van der Waals surface area contributed by atoms with Gasteiger partial charge in [0.2, 0.25) is 0 Å². The van der Waals surface area contributed by atoms with E-state index in [0.29, 0.717) is 12.3 Å². The van der Waals surface area contributed by atoms with E-state index in [1.807, 2.05) is 31.2 Å². The van der Waals surface area contributed by atoms with Gasteiger partial charge in [-0.05, 0) is 55.9 Å². The molecule has 4 rings (SSSR count). The zero-order valence-electron chi connectivity index (χ0n) is 16.9. The van der Waals surface area contributed by atoms with Crippen molar-refractivity contribution in [3.8, 4) is 5.75 Å². The number of fused-ring (bicyclic) bond motifs is 2. The van der Waals surface area contributed by atoms with Crippen molar-refractivity contribution in [2.75, 3.05) is 18.0 Å². The number of hydrogen-bond donors (Lipinski definition) is 1. The van der Waals surface area contributed by atoms with Crippen LogP contribution in [0.2, 0.25) is 0 Å². The topological polar surface area (TPSA) is 58.6 Å². The summed E-state index contributed by atoms with van der Waals surface area (Å²) in [5.74, 6) is 0.377. The smallest absolute Gasteiger partial charge is 0.268 e. The van der Waals surface area contributed by atoms with Gasteiger partial charge in [0, 0.05) is 11.4 Å². The van der Waals surface area contributed by atoms with Gasteiger partial charge in [-0.15, -0.1) is 11.3 Å². The third-order valence-electron chi connectivity index (χ3n) is 5.57. The molecule has 1 aromatic carbocycles.